The lowest BCUT2D eigenvalue weighted by atomic mass is 10.4. The fraction of sp³-hybridized carbons (Fsp3) is 0.778. The van der Waals surface area contributed by atoms with Gasteiger partial charge in [-0.25, -0.2) is 0 Å². The molecule has 0 saturated heterocycles. The second-order valence-electron chi connectivity index (χ2n) is 3.62. The Morgan fingerprint density at radius 2 is 2.08 bits per heavy atom. The number of likely N-dealkylation sites (N-methyl/N-ethyl adjacent to an activating group) is 1. The third kappa shape index (κ3) is 3.92. The van der Waals surface area contributed by atoms with Gasteiger partial charge in [0, 0.05) is 20.5 Å². The summed E-state index contributed by atoms with van der Waals surface area (Å²) >= 11 is 0. The molecular formula is C9H16N2O2. The van der Waals surface area contributed by atoms with E-state index in [2.05, 4.69) is 5.32 Å². The molecule has 0 aromatic rings. The molecule has 74 valence electrons. The van der Waals surface area contributed by atoms with Crippen LogP contribution in [0.4, 0.5) is 0 Å². The van der Waals surface area contributed by atoms with Gasteiger partial charge in [-0.1, -0.05) is 0 Å². The highest BCUT2D eigenvalue weighted by Gasteiger charge is 2.21. The maximum atomic E-state index is 11.2. The van der Waals surface area contributed by atoms with Crippen molar-refractivity contribution in [3.8, 4) is 0 Å². The van der Waals surface area contributed by atoms with Gasteiger partial charge in [-0.3, -0.25) is 9.59 Å². The van der Waals surface area contributed by atoms with Gasteiger partial charge < -0.3 is 10.2 Å². The highest BCUT2D eigenvalue weighted by Crippen LogP contribution is 2.27. The average molecular weight is 184 g/mol. The zero-order chi connectivity index (χ0) is 9.84. The minimum atomic E-state index is -0.0819. The summed E-state index contributed by atoms with van der Waals surface area (Å²) in [6.07, 6.45) is 2.45. The van der Waals surface area contributed by atoms with Crippen molar-refractivity contribution in [2.45, 2.75) is 19.8 Å². The summed E-state index contributed by atoms with van der Waals surface area (Å²) in [6.45, 7) is 2.39. The second-order valence-corrected chi connectivity index (χ2v) is 3.62. The van der Waals surface area contributed by atoms with Crippen LogP contribution in [0.25, 0.3) is 0 Å². The third-order valence-corrected chi connectivity index (χ3v) is 2.20. The Morgan fingerprint density at radius 1 is 1.46 bits per heavy atom. The molecule has 0 unspecified atom stereocenters. The van der Waals surface area contributed by atoms with Crippen LogP contribution in [0.15, 0.2) is 0 Å². The first-order valence-corrected chi connectivity index (χ1v) is 4.58. The largest absolute Gasteiger partial charge is 0.354 e. The monoisotopic (exact) mass is 184 g/mol. The van der Waals surface area contributed by atoms with Crippen molar-refractivity contribution in [2.75, 3.05) is 20.1 Å². The van der Waals surface area contributed by atoms with Crippen LogP contribution in [-0.2, 0) is 9.59 Å². The molecule has 0 spiro atoms. The molecule has 1 N–H and O–H groups in total. The van der Waals surface area contributed by atoms with E-state index in [1.165, 1.54) is 24.7 Å². The van der Waals surface area contributed by atoms with Gasteiger partial charge in [0.05, 0.1) is 6.54 Å². The minimum absolute atomic E-state index is 0.0652. The Morgan fingerprint density at radius 3 is 2.54 bits per heavy atom. The number of rotatable bonds is 4. The molecule has 0 heterocycles. The predicted molar refractivity (Wildman–Crippen MR) is 49.0 cm³/mol. The van der Waals surface area contributed by atoms with Crippen molar-refractivity contribution in [3.05, 3.63) is 0 Å². The number of hydrogen-bond donors (Lipinski definition) is 1. The minimum Gasteiger partial charge on any atom is -0.354 e. The zero-order valence-electron chi connectivity index (χ0n) is 8.17. The predicted octanol–water partition coefficient (Wildman–Crippen LogP) is -0.00910. The van der Waals surface area contributed by atoms with E-state index >= 15 is 0 Å². The van der Waals surface area contributed by atoms with Gasteiger partial charge in [0.15, 0.2) is 0 Å². The standard InChI is InChI=1S/C9H16N2O2/c1-7(12)11(2)6-9(13)10-5-8-3-4-8/h8H,3-6H2,1-2H3,(H,10,13). The lowest BCUT2D eigenvalue weighted by molar-refractivity contribution is -0.133. The van der Waals surface area contributed by atoms with E-state index in [-0.39, 0.29) is 18.4 Å². The highest BCUT2D eigenvalue weighted by atomic mass is 16.2. The van der Waals surface area contributed by atoms with Gasteiger partial charge in [0.1, 0.15) is 0 Å². The van der Waals surface area contributed by atoms with E-state index < -0.39 is 0 Å². The van der Waals surface area contributed by atoms with Crippen LogP contribution in [-0.4, -0.2) is 36.9 Å². The van der Waals surface area contributed by atoms with Gasteiger partial charge in [0.2, 0.25) is 11.8 Å². The molecule has 4 nitrogen and oxygen atoms in total. The summed E-state index contributed by atoms with van der Waals surface area (Å²) in [5.74, 6) is 0.540. The summed E-state index contributed by atoms with van der Waals surface area (Å²) < 4.78 is 0. The van der Waals surface area contributed by atoms with Crippen LogP contribution in [0.1, 0.15) is 19.8 Å². The number of hydrogen-bond acceptors (Lipinski definition) is 2. The molecule has 0 aromatic carbocycles. The lowest BCUT2D eigenvalue weighted by Crippen LogP contribution is -2.38. The fourth-order valence-corrected chi connectivity index (χ4v) is 0.963. The number of nitrogens with zero attached hydrogens (tertiary/aromatic N) is 1. The van der Waals surface area contributed by atoms with Crippen molar-refractivity contribution in [3.63, 3.8) is 0 Å². The summed E-state index contributed by atoms with van der Waals surface area (Å²) in [6, 6.07) is 0. The summed E-state index contributed by atoms with van der Waals surface area (Å²) in [5, 5.41) is 2.80. The third-order valence-electron chi connectivity index (χ3n) is 2.20. The van der Waals surface area contributed by atoms with Crippen LogP contribution in [0.2, 0.25) is 0 Å². The van der Waals surface area contributed by atoms with Crippen LogP contribution in [0, 0.1) is 5.92 Å². The maximum Gasteiger partial charge on any atom is 0.239 e. The molecule has 1 fully saturated rings. The summed E-state index contributed by atoms with van der Waals surface area (Å²) in [5.41, 5.74) is 0. The Labute approximate surface area is 78.3 Å². The Kier molecular flexibility index (Phi) is 3.28. The second kappa shape index (κ2) is 4.25. The molecule has 1 saturated carbocycles. The highest BCUT2D eigenvalue weighted by molar-refractivity contribution is 5.83. The molecule has 0 bridgehead atoms. The Balaban J connectivity index is 2.11. The van der Waals surface area contributed by atoms with Gasteiger partial charge in [-0.15, -0.1) is 0 Å². The molecule has 1 aliphatic carbocycles. The molecule has 1 aliphatic rings. The molecule has 1 rings (SSSR count). The lowest BCUT2D eigenvalue weighted by Gasteiger charge is -2.13. The van der Waals surface area contributed by atoms with E-state index in [1.807, 2.05) is 0 Å². The molecular weight excluding hydrogens is 168 g/mol. The summed E-state index contributed by atoms with van der Waals surface area (Å²) in [7, 11) is 1.62. The average Bonchev–Trinajstić information content (AvgIpc) is 2.83. The molecule has 4 heteroatoms. The number of nitrogens with one attached hydrogen (secondary N) is 1. The topological polar surface area (TPSA) is 49.4 Å². The van der Waals surface area contributed by atoms with Crippen molar-refractivity contribution in [1.82, 2.24) is 10.2 Å². The van der Waals surface area contributed by atoms with Crippen LogP contribution in [0.5, 0.6) is 0 Å². The molecule has 2 amide bonds. The van der Waals surface area contributed by atoms with Crippen molar-refractivity contribution < 1.29 is 9.59 Å². The molecule has 0 radical (unpaired) electrons. The molecule has 0 aromatic heterocycles. The van der Waals surface area contributed by atoms with E-state index in [1.54, 1.807) is 7.05 Å². The maximum absolute atomic E-state index is 11.2. The SMILES string of the molecule is CC(=O)N(C)CC(=O)NCC1CC1. The first-order valence-electron chi connectivity index (χ1n) is 4.58. The first kappa shape index (κ1) is 10.0. The number of amides is 2. The molecule has 0 atom stereocenters. The van der Waals surface area contributed by atoms with E-state index in [9.17, 15) is 9.59 Å². The molecule has 0 aliphatic heterocycles. The quantitative estimate of drug-likeness (QED) is 0.668. The first-order chi connectivity index (χ1) is 6.09. The number of carbonyl (C=O) groups excluding carboxylic acids is 2. The Hall–Kier alpha value is -1.06. The van der Waals surface area contributed by atoms with Gasteiger partial charge in [0.25, 0.3) is 0 Å². The van der Waals surface area contributed by atoms with Crippen molar-refractivity contribution in [2.24, 2.45) is 5.92 Å². The van der Waals surface area contributed by atoms with Gasteiger partial charge in [-0.05, 0) is 18.8 Å². The number of carbonyl (C=O) groups is 2. The smallest absolute Gasteiger partial charge is 0.239 e. The Bertz CT molecular complexity index is 212. The van der Waals surface area contributed by atoms with E-state index in [0.29, 0.717) is 5.92 Å². The fourth-order valence-electron chi connectivity index (χ4n) is 0.963. The van der Waals surface area contributed by atoms with Crippen molar-refractivity contribution >= 4 is 11.8 Å². The van der Waals surface area contributed by atoms with Crippen LogP contribution >= 0.6 is 0 Å². The normalized spacial score (nSPS) is 15.2. The van der Waals surface area contributed by atoms with Crippen molar-refractivity contribution in [1.29, 1.82) is 0 Å². The zero-order valence-corrected chi connectivity index (χ0v) is 8.17. The van der Waals surface area contributed by atoms with Gasteiger partial charge in [-0.2, -0.15) is 0 Å². The molecule has 13 heavy (non-hydrogen) atoms. The van der Waals surface area contributed by atoms with Crippen LogP contribution in [0.3, 0.4) is 0 Å². The van der Waals surface area contributed by atoms with E-state index in [0.717, 1.165) is 6.54 Å². The summed E-state index contributed by atoms with van der Waals surface area (Å²) in [4.78, 5) is 23.4. The van der Waals surface area contributed by atoms with Crippen LogP contribution < -0.4 is 5.32 Å². The van der Waals surface area contributed by atoms with Gasteiger partial charge >= 0.3 is 0 Å². The van der Waals surface area contributed by atoms with E-state index in [4.69, 9.17) is 0 Å².